The van der Waals surface area contributed by atoms with Crippen molar-refractivity contribution in [1.29, 1.82) is 0 Å². The highest BCUT2D eigenvalue weighted by Gasteiger charge is 2.22. The topological polar surface area (TPSA) is 240 Å². The Labute approximate surface area is 330 Å². The lowest BCUT2D eigenvalue weighted by atomic mass is 10.2. The normalized spacial score (nSPS) is 10.8. The van der Waals surface area contributed by atoms with Crippen molar-refractivity contribution in [2.45, 2.75) is 52.7 Å². The molecule has 0 saturated carbocycles. The summed E-state index contributed by atoms with van der Waals surface area (Å²) in [5.74, 6) is -2.34. The Hall–Kier alpha value is -4.76. The Morgan fingerprint density at radius 1 is 0.786 bits per heavy atom. The molecule has 2 rings (SSSR count). The Morgan fingerprint density at radius 2 is 1.41 bits per heavy atom. The minimum Gasteiger partial charge on any atom is -0.485 e. The molecule has 0 radical (unpaired) electrons. The van der Waals surface area contributed by atoms with Crippen molar-refractivity contribution in [2.75, 3.05) is 103 Å². The van der Waals surface area contributed by atoms with Crippen LogP contribution in [0.25, 0.3) is 0 Å². The van der Waals surface area contributed by atoms with Crippen molar-refractivity contribution in [3.63, 3.8) is 0 Å². The van der Waals surface area contributed by atoms with Gasteiger partial charge in [-0.15, -0.1) is 16.7 Å². The predicted octanol–water partition coefficient (Wildman–Crippen LogP) is 1.36. The molecule has 0 spiro atoms. The molecule has 314 valence electrons. The minimum atomic E-state index is -0.834. The maximum atomic E-state index is 12.5. The van der Waals surface area contributed by atoms with Crippen LogP contribution in [0.5, 0.6) is 5.75 Å². The van der Waals surface area contributed by atoms with Crippen molar-refractivity contribution in [3.8, 4) is 5.75 Å². The van der Waals surface area contributed by atoms with Crippen LogP contribution in [0.3, 0.4) is 0 Å². The number of hydrogen-bond donors (Lipinski definition) is 2. The fraction of sp³-hybridized carbons (Fsp3) is 0.629. The zero-order valence-electron chi connectivity index (χ0n) is 31.9. The van der Waals surface area contributed by atoms with E-state index in [1.165, 1.54) is 23.1 Å². The first-order chi connectivity index (χ1) is 27.1. The molecule has 0 aliphatic carbocycles. The molecule has 1 aromatic heterocycles. The van der Waals surface area contributed by atoms with Crippen LogP contribution in [0.15, 0.2) is 24.4 Å². The number of carbonyl (C=O) groups excluding carboxylic acids is 5. The summed E-state index contributed by atoms with van der Waals surface area (Å²) >= 11 is 5.65. The fourth-order valence-electron chi connectivity index (χ4n) is 4.39. The highest BCUT2D eigenvalue weighted by atomic mass is 35.5. The number of aromatic nitrogens is 3. The van der Waals surface area contributed by atoms with Crippen LogP contribution in [0.2, 0.25) is 0 Å². The second-order valence-electron chi connectivity index (χ2n) is 11.7. The van der Waals surface area contributed by atoms with Gasteiger partial charge in [-0.05, 0) is 25.0 Å². The summed E-state index contributed by atoms with van der Waals surface area (Å²) in [4.78, 5) is 60.4. The summed E-state index contributed by atoms with van der Waals surface area (Å²) in [5.41, 5.74) is 7.04. The fourth-order valence-corrected chi connectivity index (χ4v) is 4.58. The highest BCUT2D eigenvalue weighted by Crippen LogP contribution is 2.31. The second kappa shape index (κ2) is 29.5. The van der Waals surface area contributed by atoms with E-state index in [1.807, 2.05) is 0 Å². The molecule has 0 aliphatic rings. The average Bonchev–Trinajstić information content (AvgIpc) is 3.61. The largest absolute Gasteiger partial charge is 0.485 e. The van der Waals surface area contributed by atoms with E-state index in [1.54, 1.807) is 10.9 Å². The molecule has 1 heterocycles. The average molecular weight is 817 g/mol. The first-order valence-electron chi connectivity index (χ1n) is 17.9. The number of alkyl halides is 1. The predicted molar refractivity (Wildman–Crippen MR) is 198 cm³/mol. The van der Waals surface area contributed by atoms with Gasteiger partial charge in [0, 0.05) is 44.6 Å². The number of amides is 1. The standard InChI is InChI=1S/C35H53ClN6O14/c1-27(43)53-25-55-34(46)21-41(22-35(47)56-26-54-28(2)44)31-8-7-29(37)19-32(31)52-23-30-20-42(40-39-30)11-14-50-17-18-51-24-33(45)38-10-13-49-16-15-48-12-6-4-3-5-9-36/h7-8,19-20H,3-6,9-18,21-26,37H2,1-2H3,(H,38,45). The summed E-state index contributed by atoms with van der Waals surface area (Å²) in [6, 6.07) is 4.54. The van der Waals surface area contributed by atoms with Crippen molar-refractivity contribution in [2.24, 2.45) is 0 Å². The molecule has 20 nitrogen and oxygen atoms in total. The molecule has 1 aromatic carbocycles. The maximum absolute atomic E-state index is 12.5. The van der Waals surface area contributed by atoms with Gasteiger partial charge in [-0.1, -0.05) is 18.1 Å². The first kappa shape index (κ1) is 47.4. The molecule has 0 bridgehead atoms. The summed E-state index contributed by atoms with van der Waals surface area (Å²) in [6.45, 7) is 3.50. The van der Waals surface area contributed by atoms with Gasteiger partial charge in [0.25, 0.3) is 0 Å². The molecule has 1 amide bonds. The number of nitrogens with two attached hydrogens (primary N) is 1. The Balaban J connectivity index is 1.72. The molecule has 0 saturated heterocycles. The number of nitrogens with one attached hydrogen (secondary N) is 1. The summed E-state index contributed by atoms with van der Waals surface area (Å²) < 4.78 is 48.5. The number of nitrogens with zero attached hydrogens (tertiary/aromatic N) is 4. The molecule has 56 heavy (non-hydrogen) atoms. The van der Waals surface area contributed by atoms with E-state index in [0.717, 1.165) is 39.5 Å². The van der Waals surface area contributed by atoms with E-state index in [0.29, 0.717) is 63.4 Å². The van der Waals surface area contributed by atoms with Gasteiger partial charge in [0.2, 0.25) is 19.5 Å². The molecule has 0 fully saturated rings. The Bertz CT molecular complexity index is 1430. The SMILES string of the molecule is CC(=O)OCOC(=O)CN(CC(=O)OCOC(C)=O)c1ccc(N)cc1OCc1cn(CCOCCOCC(=O)NCCOCCOCCCCCCCl)nn1. The van der Waals surface area contributed by atoms with Crippen molar-refractivity contribution in [1.82, 2.24) is 20.3 Å². The van der Waals surface area contributed by atoms with Gasteiger partial charge in [-0.2, -0.15) is 0 Å². The number of esters is 4. The Morgan fingerprint density at radius 3 is 2.07 bits per heavy atom. The highest BCUT2D eigenvalue weighted by molar-refractivity contribution is 6.17. The molecule has 0 atom stereocenters. The van der Waals surface area contributed by atoms with Gasteiger partial charge < -0.3 is 58.6 Å². The van der Waals surface area contributed by atoms with Gasteiger partial charge in [0.15, 0.2) is 0 Å². The van der Waals surface area contributed by atoms with E-state index in [4.69, 9.17) is 50.5 Å². The van der Waals surface area contributed by atoms with Crippen molar-refractivity contribution >= 4 is 52.8 Å². The molecule has 2 aromatic rings. The third kappa shape index (κ3) is 23.2. The van der Waals surface area contributed by atoms with Gasteiger partial charge in [0.05, 0.1) is 58.1 Å². The van der Waals surface area contributed by atoms with Crippen LogP contribution in [0.1, 0.15) is 45.2 Å². The summed E-state index contributed by atoms with van der Waals surface area (Å²) in [7, 11) is 0. The Kier molecular flexibility index (Phi) is 25.0. The summed E-state index contributed by atoms with van der Waals surface area (Å²) in [6.07, 6.45) is 5.91. The number of hydrogen-bond acceptors (Lipinski definition) is 18. The van der Waals surface area contributed by atoms with Crippen LogP contribution < -0.4 is 20.7 Å². The van der Waals surface area contributed by atoms with E-state index < -0.39 is 50.6 Å². The van der Waals surface area contributed by atoms with Gasteiger partial charge in [0.1, 0.15) is 37.7 Å². The lowest BCUT2D eigenvalue weighted by Gasteiger charge is -2.25. The van der Waals surface area contributed by atoms with Crippen LogP contribution >= 0.6 is 11.6 Å². The van der Waals surface area contributed by atoms with E-state index in [2.05, 4.69) is 25.1 Å². The quantitative estimate of drug-likeness (QED) is 0.0348. The monoisotopic (exact) mass is 816 g/mol. The molecular weight excluding hydrogens is 764 g/mol. The van der Waals surface area contributed by atoms with E-state index >= 15 is 0 Å². The van der Waals surface area contributed by atoms with E-state index in [-0.39, 0.29) is 43.8 Å². The molecular formula is C35H53ClN6O14. The second-order valence-corrected chi connectivity index (χ2v) is 12.1. The van der Waals surface area contributed by atoms with Gasteiger partial charge in [-0.3, -0.25) is 24.0 Å². The first-order valence-corrected chi connectivity index (χ1v) is 18.5. The van der Waals surface area contributed by atoms with Crippen LogP contribution in [0.4, 0.5) is 11.4 Å². The number of nitrogen functional groups attached to an aromatic ring is 1. The number of benzene rings is 1. The number of halogens is 1. The number of rotatable bonds is 32. The third-order valence-corrected chi connectivity index (χ3v) is 7.34. The molecule has 0 unspecified atom stereocenters. The molecule has 21 heteroatoms. The van der Waals surface area contributed by atoms with Crippen LogP contribution in [-0.4, -0.2) is 137 Å². The molecule has 0 aliphatic heterocycles. The van der Waals surface area contributed by atoms with Crippen molar-refractivity contribution in [3.05, 3.63) is 30.1 Å². The minimum absolute atomic E-state index is 0.0640. The summed E-state index contributed by atoms with van der Waals surface area (Å²) in [5, 5.41) is 10.9. The smallest absolute Gasteiger partial charge is 0.328 e. The zero-order chi connectivity index (χ0) is 40.8. The van der Waals surface area contributed by atoms with Gasteiger partial charge in [-0.25, -0.2) is 4.68 Å². The maximum Gasteiger partial charge on any atom is 0.328 e. The molecule has 3 N–H and O–H groups in total. The lowest BCUT2D eigenvalue weighted by molar-refractivity contribution is -0.165. The third-order valence-electron chi connectivity index (χ3n) is 7.07. The van der Waals surface area contributed by atoms with Crippen LogP contribution in [-0.2, 0) is 75.0 Å². The lowest BCUT2D eigenvalue weighted by Crippen LogP contribution is -2.37. The van der Waals surface area contributed by atoms with Gasteiger partial charge >= 0.3 is 23.9 Å². The van der Waals surface area contributed by atoms with Crippen LogP contribution in [0, 0.1) is 0 Å². The number of carbonyl (C=O) groups is 5. The number of anilines is 2. The van der Waals surface area contributed by atoms with E-state index in [9.17, 15) is 24.0 Å². The number of ether oxygens (including phenoxy) is 9. The van der Waals surface area contributed by atoms with Crippen molar-refractivity contribution < 1.29 is 66.6 Å². The number of unbranched alkanes of at least 4 members (excludes halogenated alkanes) is 3. The zero-order valence-corrected chi connectivity index (χ0v) is 32.7.